The first-order chi connectivity index (χ1) is 17.1. The highest BCUT2D eigenvalue weighted by atomic mass is 32.2. The molecule has 35 heavy (non-hydrogen) atoms. The summed E-state index contributed by atoms with van der Waals surface area (Å²) in [6.07, 6.45) is 0. The maximum Gasteiger partial charge on any atom is 0.161 e. The van der Waals surface area contributed by atoms with Crippen LogP contribution in [0.1, 0.15) is 11.1 Å². The van der Waals surface area contributed by atoms with Gasteiger partial charge in [-0.05, 0) is 72.8 Å². The van der Waals surface area contributed by atoms with Crippen LogP contribution in [0.5, 0.6) is 11.5 Å². The van der Waals surface area contributed by atoms with Crippen LogP contribution >= 0.6 is 37.0 Å². The van der Waals surface area contributed by atoms with Crippen LogP contribution < -0.4 is 19.3 Å². The molecule has 0 N–H and O–H groups in total. The number of ether oxygens (including phenoxy) is 2. The van der Waals surface area contributed by atoms with Crippen LogP contribution in [-0.2, 0) is 13.1 Å². The van der Waals surface area contributed by atoms with Gasteiger partial charge in [0.1, 0.15) is 11.5 Å². The molecule has 0 radical (unpaired) electrons. The third-order valence-corrected chi connectivity index (χ3v) is 7.70. The zero-order chi connectivity index (χ0) is 23.8. The van der Waals surface area contributed by atoms with E-state index in [0.717, 1.165) is 45.8 Å². The Balaban J connectivity index is 1.20. The molecule has 2 aliphatic rings. The van der Waals surface area contributed by atoms with Crippen LogP contribution in [0.4, 0.5) is 11.4 Å². The van der Waals surface area contributed by atoms with Gasteiger partial charge in [0.05, 0.1) is 0 Å². The van der Waals surface area contributed by atoms with E-state index in [0.29, 0.717) is 13.5 Å². The fraction of sp³-hybridized carbons (Fsp3) is 0.143. The molecule has 4 aromatic rings. The molecule has 0 fully saturated rings. The standard InChI is InChI=1S/C28H24N2O2S3/c33-23-5-1-3-21(13-23)29-15-19-11-25(7-9-27(19)31-17-29)35-26-8-10-28-20(12-26)16-30(18-32-28)22-4-2-6-24(34)14-22/h1-14,33-34H,15-18H2. The summed E-state index contributed by atoms with van der Waals surface area (Å²) in [5.41, 5.74) is 4.60. The summed E-state index contributed by atoms with van der Waals surface area (Å²) in [6.45, 7) is 2.68. The molecule has 0 aromatic heterocycles. The Kier molecular flexibility index (Phi) is 6.22. The topological polar surface area (TPSA) is 24.9 Å². The van der Waals surface area contributed by atoms with Crippen LogP contribution in [0.25, 0.3) is 0 Å². The van der Waals surface area contributed by atoms with Gasteiger partial charge < -0.3 is 19.3 Å². The normalized spacial score (nSPS) is 14.6. The summed E-state index contributed by atoms with van der Waals surface area (Å²) < 4.78 is 12.1. The van der Waals surface area contributed by atoms with E-state index in [1.165, 1.54) is 20.9 Å². The van der Waals surface area contributed by atoms with E-state index in [2.05, 4.69) is 95.7 Å². The molecule has 2 aliphatic heterocycles. The molecule has 0 aliphatic carbocycles. The first kappa shape index (κ1) is 22.6. The number of hydrogen-bond donors (Lipinski definition) is 2. The zero-order valence-electron chi connectivity index (χ0n) is 18.9. The number of nitrogens with zero attached hydrogens (tertiary/aromatic N) is 2. The molecule has 2 heterocycles. The second-order valence-electron chi connectivity index (χ2n) is 8.62. The molecule has 176 valence electrons. The van der Waals surface area contributed by atoms with Crippen molar-refractivity contribution in [3.63, 3.8) is 0 Å². The van der Waals surface area contributed by atoms with Crippen molar-refractivity contribution < 1.29 is 9.47 Å². The van der Waals surface area contributed by atoms with Gasteiger partial charge in [0, 0.05) is 55.2 Å². The van der Waals surface area contributed by atoms with Crippen molar-refractivity contribution in [1.29, 1.82) is 0 Å². The number of fused-ring (bicyclic) bond motifs is 2. The number of anilines is 2. The van der Waals surface area contributed by atoms with E-state index < -0.39 is 0 Å². The molecule has 0 saturated heterocycles. The monoisotopic (exact) mass is 516 g/mol. The first-order valence-electron chi connectivity index (χ1n) is 11.4. The molecule has 0 amide bonds. The molecular weight excluding hydrogens is 493 g/mol. The lowest BCUT2D eigenvalue weighted by Gasteiger charge is -2.31. The van der Waals surface area contributed by atoms with Gasteiger partial charge in [0.25, 0.3) is 0 Å². The van der Waals surface area contributed by atoms with E-state index >= 15 is 0 Å². The largest absolute Gasteiger partial charge is 0.473 e. The summed E-state index contributed by atoms with van der Waals surface area (Å²) in [7, 11) is 0. The van der Waals surface area contributed by atoms with Gasteiger partial charge in [0.15, 0.2) is 13.5 Å². The van der Waals surface area contributed by atoms with Crippen LogP contribution in [0.3, 0.4) is 0 Å². The van der Waals surface area contributed by atoms with Gasteiger partial charge in [-0.25, -0.2) is 0 Å². The SMILES string of the molecule is Sc1cccc(N2COc3ccc(Sc4ccc5c(c4)CN(c4cccc(S)c4)CO5)cc3C2)c1. The van der Waals surface area contributed by atoms with E-state index in [1.807, 2.05) is 24.3 Å². The van der Waals surface area contributed by atoms with Crippen LogP contribution in [0.2, 0.25) is 0 Å². The quantitative estimate of drug-likeness (QED) is 0.281. The van der Waals surface area contributed by atoms with Gasteiger partial charge in [-0.1, -0.05) is 23.9 Å². The summed E-state index contributed by atoms with van der Waals surface area (Å²) in [6, 6.07) is 29.2. The average Bonchev–Trinajstić information content (AvgIpc) is 2.88. The molecule has 0 bridgehead atoms. The number of thiol groups is 2. The van der Waals surface area contributed by atoms with Gasteiger partial charge in [-0.15, -0.1) is 25.3 Å². The van der Waals surface area contributed by atoms with Crippen molar-refractivity contribution in [2.24, 2.45) is 0 Å². The second-order valence-corrected chi connectivity index (χ2v) is 10.8. The van der Waals surface area contributed by atoms with Crippen LogP contribution in [0.15, 0.2) is 105 Å². The lowest BCUT2D eigenvalue weighted by atomic mass is 10.1. The maximum absolute atomic E-state index is 6.04. The molecule has 6 rings (SSSR count). The van der Waals surface area contributed by atoms with Gasteiger partial charge in [0.2, 0.25) is 0 Å². The minimum Gasteiger partial charge on any atom is -0.473 e. The predicted octanol–water partition coefficient (Wildman–Crippen LogP) is 7.13. The number of rotatable bonds is 4. The highest BCUT2D eigenvalue weighted by Crippen LogP contribution is 2.38. The molecule has 0 atom stereocenters. The van der Waals surface area contributed by atoms with Crippen molar-refractivity contribution >= 4 is 48.4 Å². The maximum atomic E-state index is 6.04. The Bertz CT molecular complexity index is 1290. The van der Waals surface area contributed by atoms with Crippen molar-refractivity contribution in [3.8, 4) is 11.5 Å². The van der Waals surface area contributed by atoms with Crippen molar-refractivity contribution in [3.05, 3.63) is 96.1 Å². The Morgan fingerprint density at radius 1 is 0.600 bits per heavy atom. The molecular formula is C28H24N2O2S3. The Hall–Kier alpha value is -2.87. The third kappa shape index (κ3) is 4.94. The first-order valence-corrected chi connectivity index (χ1v) is 13.1. The highest BCUT2D eigenvalue weighted by molar-refractivity contribution is 7.99. The average molecular weight is 517 g/mol. The Morgan fingerprint density at radius 2 is 1.09 bits per heavy atom. The molecule has 0 unspecified atom stereocenters. The van der Waals surface area contributed by atoms with Crippen LogP contribution in [-0.4, -0.2) is 13.5 Å². The van der Waals surface area contributed by atoms with Crippen molar-refractivity contribution in [2.45, 2.75) is 32.7 Å². The lowest BCUT2D eigenvalue weighted by Crippen LogP contribution is -2.31. The van der Waals surface area contributed by atoms with Crippen molar-refractivity contribution in [2.75, 3.05) is 23.3 Å². The Labute approximate surface area is 220 Å². The number of hydrogen-bond acceptors (Lipinski definition) is 7. The zero-order valence-corrected chi connectivity index (χ0v) is 21.5. The van der Waals surface area contributed by atoms with Gasteiger partial charge in [-0.2, -0.15) is 0 Å². The highest BCUT2D eigenvalue weighted by Gasteiger charge is 2.20. The molecule has 0 saturated carbocycles. The smallest absolute Gasteiger partial charge is 0.161 e. The second kappa shape index (κ2) is 9.64. The van der Waals surface area contributed by atoms with E-state index in [4.69, 9.17) is 9.47 Å². The summed E-state index contributed by atoms with van der Waals surface area (Å²) >= 11 is 10.7. The molecule has 4 nitrogen and oxygen atoms in total. The van der Waals surface area contributed by atoms with Crippen LogP contribution in [0, 0.1) is 0 Å². The number of benzene rings is 4. The van der Waals surface area contributed by atoms with Crippen molar-refractivity contribution in [1.82, 2.24) is 0 Å². The molecule has 7 heteroatoms. The van der Waals surface area contributed by atoms with E-state index in [1.54, 1.807) is 11.8 Å². The van der Waals surface area contributed by atoms with E-state index in [9.17, 15) is 0 Å². The third-order valence-electron chi connectivity index (χ3n) is 6.16. The predicted molar refractivity (Wildman–Crippen MR) is 148 cm³/mol. The fourth-order valence-electron chi connectivity index (χ4n) is 4.41. The molecule has 0 spiro atoms. The fourth-order valence-corrected chi connectivity index (χ4v) is 5.80. The minimum atomic E-state index is 0.536. The summed E-state index contributed by atoms with van der Waals surface area (Å²) in [4.78, 5) is 8.72. The summed E-state index contributed by atoms with van der Waals surface area (Å²) in [5, 5.41) is 0. The van der Waals surface area contributed by atoms with Gasteiger partial charge in [-0.3, -0.25) is 0 Å². The molecule has 4 aromatic carbocycles. The Morgan fingerprint density at radius 3 is 1.54 bits per heavy atom. The lowest BCUT2D eigenvalue weighted by molar-refractivity contribution is 0.289. The summed E-state index contributed by atoms with van der Waals surface area (Å²) in [5.74, 6) is 1.90. The van der Waals surface area contributed by atoms with Gasteiger partial charge >= 0.3 is 0 Å². The minimum absolute atomic E-state index is 0.536. The van der Waals surface area contributed by atoms with E-state index in [-0.39, 0.29) is 0 Å².